The maximum Gasteiger partial charge on any atom is 0.0897 e. The molecule has 0 aliphatic carbocycles. The summed E-state index contributed by atoms with van der Waals surface area (Å²) in [5.74, 6) is 0. The SMILES string of the molecule is CC1(CNCC(O)COCc2ccccc2)CCCO1. The Morgan fingerprint density at radius 3 is 2.90 bits per heavy atom. The van der Waals surface area contributed by atoms with Crippen molar-refractivity contribution in [3.63, 3.8) is 0 Å². The number of ether oxygens (including phenoxy) is 2. The number of aliphatic hydroxyl groups excluding tert-OH is 1. The first-order valence-corrected chi connectivity index (χ1v) is 7.32. The molecule has 2 rings (SSSR count). The average Bonchev–Trinajstić information content (AvgIpc) is 2.87. The van der Waals surface area contributed by atoms with Gasteiger partial charge in [0.25, 0.3) is 0 Å². The molecule has 0 radical (unpaired) electrons. The van der Waals surface area contributed by atoms with Gasteiger partial charge in [0.1, 0.15) is 0 Å². The molecular formula is C16H25NO3. The van der Waals surface area contributed by atoms with Crippen LogP contribution < -0.4 is 5.32 Å². The van der Waals surface area contributed by atoms with Gasteiger partial charge in [-0.2, -0.15) is 0 Å². The van der Waals surface area contributed by atoms with Crippen molar-refractivity contribution < 1.29 is 14.6 Å². The molecule has 1 aliphatic rings. The summed E-state index contributed by atoms with van der Waals surface area (Å²) in [5.41, 5.74) is 1.06. The van der Waals surface area contributed by atoms with Crippen LogP contribution in [0.15, 0.2) is 30.3 Å². The number of aliphatic hydroxyl groups is 1. The lowest BCUT2D eigenvalue weighted by Crippen LogP contribution is -2.41. The van der Waals surface area contributed by atoms with Crippen molar-refractivity contribution in [1.29, 1.82) is 0 Å². The molecule has 1 saturated heterocycles. The van der Waals surface area contributed by atoms with Crippen molar-refractivity contribution in [3.05, 3.63) is 35.9 Å². The Morgan fingerprint density at radius 1 is 1.40 bits per heavy atom. The Balaban J connectivity index is 1.55. The molecule has 2 unspecified atom stereocenters. The largest absolute Gasteiger partial charge is 0.389 e. The van der Waals surface area contributed by atoms with Crippen LogP contribution in [0.3, 0.4) is 0 Å². The zero-order valence-corrected chi connectivity index (χ0v) is 12.2. The summed E-state index contributed by atoms with van der Waals surface area (Å²) in [7, 11) is 0. The van der Waals surface area contributed by atoms with E-state index in [2.05, 4.69) is 12.2 Å². The molecule has 0 spiro atoms. The van der Waals surface area contributed by atoms with Gasteiger partial charge in [0.05, 0.1) is 24.9 Å². The third-order valence-corrected chi connectivity index (χ3v) is 3.60. The maximum atomic E-state index is 9.86. The fourth-order valence-electron chi connectivity index (χ4n) is 2.43. The van der Waals surface area contributed by atoms with Crippen LogP contribution in [0.4, 0.5) is 0 Å². The number of rotatable bonds is 8. The fourth-order valence-corrected chi connectivity index (χ4v) is 2.43. The Morgan fingerprint density at radius 2 is 2.20 bits per heavy atom. The zero-order chi connectivity index (χ0) is 14.3. The minimum atomic E-state index is -0.483. The first-order valence-electron chi connectivity index (χ1n) is 7.32. The molecule has 4 nitrogen and oxygen atoms in total. The predicted molar refractivity (Wildman–Crippen MR) is 78.6 cm³/mol. The summed E-state index contributed by atoms with van der Waals surface area (Å²) in [6.45, 7) is 5.17. The lowest BCUT2D eigenvalue weighted by Gasteiger charge is -2.24. The Kier molecular flexibility index (Phi) is 5.98. The third kappa shape index (κ3) is 5.21. The van der Waals surface area contributed by atoms with Gasteiger partial charge in [-0.1, -0.05) is 30.3 Å². The van der Waals surface area contributed by atoms with Crippen LogP contribution in [0.5, 0.6) is 0 Å². The van der Waals surface area contributed by atoms with Crippen molar-refractivity contribution in [2.45, 2.75) is 38.1 Å². The van der Waals surface area contributed by atoms with Crippen LogP contribution in [-0.4, -0.2) is 43.1 Å². The minimum Gasteiger partial charge on any atom is -0.389 e. The minimum absolute atomic E-state index is 0.0649. The van der Waals surface area contributed by atoms with Crippen molar-refractivity contribution >= 4 is 0 Å². The van der Waals surface area contributed by atoms with Crippen LogP contribution in [0.2, 0.25) is 0 Å². The van der Waals surface area contributed by atoms with Gasteiger partial charge < -0.3 is 19.9 Å². The highest BCUT2D eigenvalue weighted by atomic mass is 16.5. The van der Waals surface area contributed by atoms with Crippen molar-refractivity contribution in [1.82, 2.24) is 5.32 Å². The van der Waals surface area contributed by atoms with E-state index < -0.39 is 6.10 Å². The molecule has 2 atom stereocenters. The van der Waals surface area contributed by atoms with Crippen LogP contribution in [0.25, 0.3) is 0 Å². The van der Waals surface area contributed by atoms with Crippen molar-refractivity contribution in [2.24, 2.45) is 0 Å². The lowest BCUT2D eigenvalue weighted by atomic mass is 10.0. The standard InChI is InChI=1S/C16H25NO3/c1-16(8-5-9-20-16)13-17-10-15(18)12-19-11-14-6-3-2-4-7-14/h2-4,6-7,15,17-18H,5,8-13H2,1H3. The molecule has 0 bridgehead atoms. The maximum absolute atomic E-state index is 9.86. The summed E-state index contributed by atoms with van der Waals surface area (Å²) in [5, 5.41) is 13.1. The van der Waals surface area contributed by atoms with Gasteiger partial charge >= 0.3 is 0 Å². The number of hydrogen-bond donors (Lipinski definition) is 2. The molecule has 1 fully saturated rings. The molecule has 0 amide bonds. The zero-order valence-electron chi connectivity index (χ0n) is 12.2. The molecular weight excluding hydrogens is 254 g/mol. The topological polar surface area (TPSA) is 50.7 Å². The molecule has 1 aromatic carbocycles. The smallest absolute Gasteiger partial charge is 0.0897 e. The van der Waals surface area contributed by atoms with Gasteiger partial charge in [-0.3, -0.25) is 0 Å². The highest BCUT2D eigenvalue weighted by Gasteiger charge is 2.29. The summed E-state index contributed by atoms with van der Waals surface area (Å²) < 4.78 is 11.2. The van der Waals surface area contributed by atoms with Gasteiger partial charge in [0.15, 0.2) is 0 Å². The van der Waals surface area contributed by atoms with E-state index in [9.17, 15) is 5.11 Å². The van der Waals surface area contributed by atoms with E-state index in [1.165, 1.54) is 0 Å². The van der Waals surface area contributed by atoms with Gasteiger partial charge in [0.2, 0.25) is 0 Å². The molecule has 20 heavy (non-hydrogen) atoms. The molecule has 1 heterocycles. The average molecular weight is 279 g/mol. The third-order valence-electron chi connectivity index (χ3n) is 3.60. The molecule has 0 saturated carbocycles. The van der Waals surface area contributed by atoms with E-state index in [-0.39, 0.29) is 5.60 Å². The Hall–Kier alpha value is -0.940. The van der Waals surface area contributed by atoms with Crippen LogP contribution in [-0.2, 0) is 16.1 Å². The normalized spacial score (nSPS) is 23.9. The van der Waals surface area contributed by atoms with Crippen molar-refractivity contribution in [3.8, 4) is 0 Å². The van der Waals surface area contributed by atoms with Crippen LogP contribution >= 0.6 is 0 Å². The second-order valence-corrected chi connectivity index (χ2v) is 5.69. The fraction of sp³-hybridized carbons (Fsp3) is 0.625. The molecule has 2 N–H and O–H groups in total. The summed E-state index contributed by atoms with van der Waals surface area (Å²) in [6.07, 6.45) is 1.73. The number of benzene rings is 1. The van der Waals surface area contributed by atoms with Gasteiger partial charge in [0, 0.05) is 19.7 Å². The highest BCUT2D eigenvalue weighted by Crippen LogP contribution is 2.23. The number of nitrogens with one attached hydrogen (secondary N) is 1. The summed E-state index contributed by atoms with van der Waals surface area (Å²) in [6, 6.07) is 9.98. The molecule has 112 valence electrons. The first kappa shape index (κ1) is 15.4. The van der Waals surface area contributed by atoms with Crippen LogP contribution in [0, 0.1) is 0 Å². The monoisotopic (exact) mass is 279 g/mol. The summed E-state index contributed by atoms with van der Waals surface area (Å²) in [4.78, 5) is 0. The molecule has 0 aromatic heterocycles. The predicted octanol–water partition coefficient (Wildman–Crippen LogP) is 1.72. The lowest BCUT2D eigenvalue weighted by molar-refractivity contribution is 0.00813. The van der Waals surface area contributed by atoms with E-state index in [0.717, 1.165) is 31.6 Å². The van der Waals surface area contributed by atoms with E-state index in [1.807, 2.05) is 30.3 Å². The van der Waals surface area contributed by atoms with E-state index in [0.29, 0.717) is 19.8 Å². The van der Waals surface area contributed by atoms with E-state index in [4.69, 9.17) is 9.47 Å². The number of hydrogen-bond acceptors (Lipinski definition) is 4. The van der Waals surface area contributed by atoms with Gasteiger partial charge in [-0.05, 0) is 25.3 Å². The second kappa shape index (κ2) is 7.74. The van der Waals surface area contributed by atoms with Crippen LogP contribution in [0.1, 0.15) is 25.3 Å². The van der Waals surface area contributed by atoms with Gasteiger partial charge in [-0.15, -0.1) is 0 Å². The van der Waals surface area contributed by atoms with E-state index in [1.54, 1.807) is 0 Å². The molecule has 4 heteroatoms. The summed E-state index contributed by atoms with van der Waals surface area (Å²) >= 11 is 0. The second-order valence-electron chi connectivity index (χ2n) is 5.69. The Labute approximate surface area is 121 Å². The first-order chi connectivity index (χ1) is 9.68. The highest BCUT2D eigenvalue weighted by molar-refractivity contribution is 5.13. The van der Waals surface area contributed by atoms with Gasteiger partial charge in [-0.25, -0.2) is 0 Å². The van der Waals surface area contributed by atoms with Crippen molar-refractivity contribution in [2.75, 3.05) is 26.3 Å². The quantitative estimate of drug-likeness (QED) is 0.761. The molecule has 1 aliphatic heterocycles. The Bertz CT molecular complexity index is 377. The van der Waals surface area contributed by atoms with E-state index >= 15 is 0 Å². The molecule has 1 aromatic rings.